The van der Waals surface area contributed by atoms with E-state index in [4.69, 9.17) is 4.74 Å². The Bertz CT molecular complexity index is 458. The second-order valence-corrected chi connectivity index (χ2v) is 5.09. The molecule has 0 spiro atoms. The van der Waals surface area contributed by atoms with E-state index in [1.54, 1.807) is 6.07 Å². The molecule has 1 aliphatic heterocycles. The number of aryl methyl sites for hydroxylation is 1. The number of rotatable bonds is 6. The van der Waals surface area contributed by atoms with Crippen molar-refractivity contribution in [2.45, 2.75) is 24.9 Å². The third-order valence-electron chi connectivity index (χ3n) is 3.43. The van der Waals surface area contributed by atoms with Crippen molar-refractivity contribution >= 4 is 5.97 Å². The lowest BCUT2D eigenvalue weighted by atomic mass is 10.1. The highest BCUT2D eigenvalue weighted by Crippen LogP contribution is 2.22. The average Bonchev–Trinajstić information content (AvgIpc) is 2.90. The SMILES string of the molecule is COC(=O)CCc1cccc(OCC2(F)CCNC2)c1. The molecule has 1 aromatic rings. The van der Waals surface area contributed by atoms with E-state index in [1.807, 2.05) is 18.2 Å². The van der Waals surface area contributed by atoms with Crippen LogP contribution in [-0.4, -0.2) is 38.4 Å². The van der Waals surface area contributed by atoms with Crippen LogP contribution in [0.2, 0.25) is 0 Å². The number of carbonyl (C=O) groups excluding carboxylic acids is 1. The molecular weight excluding hydrogens is 261 g/mol. The lowest BCUT2D eigenvalue weighted by Crippen LogP contribution is -2.33. The minimum absolute atomic E-state index is 0.0560. The van der Waals surface area contributed by atoms with E-state index < -0.39 is 5.67 Å². The Labute approximate surface area is 118 Å². The maximum absolute atomic E-state index is 14.1. The van der Waals surface area contributed by atoms with Crippen LogP contribution in [0.5, 0.6) is 5.75 Å². The minimum atomic E-state index is -1.28. The maximum Gasteiger partial charge on any atom is 0.305 e. The number of nitrogens with one attached hydrogen (secondary N) is 1. The second kappa shape index (κ2) is 6.70. The van der Waals surface area contributed by atoms with Gasteiger partial charge in [-0.3, -0.25) is 4.79 Å². The molecule has 0 radical (unpaired) electrons. The summed E-state index contributed by atoms with van der Waals surface area (Å²) in [5, 5.41) is 2.99. The molecule has 0 aliphatic carbocycles. The summed E-state index contributed by atoms with van der Waals surface area (Å²) in [6.45, 7) is 1.09. The Morgan fingerprint density at radius 2 is 2.35 bits per heavy atom. The van der Waals surface area contributed by atoms with Crippen LogP contribution in [0.3, 0.4) is 0 Å². The van der Waals surface area contributed by atoms with Crippen molar-refractivity contribution < 1.29 is 18.7 Å². The van der Waals surface area contributed by atoms with E-state index in [0.29, 0.717) is 38.1 Å². The van der Waals surface area contributed by atoms with Gasteiger partial charge in [0.2, 0.25) is 0 Å². The van der Waals surface area contributed by atoms with Crippen LogP contribution >= 0.6 is 0 Å². The van der Waals surface area contributed by atoms with Gasteiger partial charge in [-0.15, -0.1) is 0 Å². The van der Waals surface area contributed by atoms with Crippen molar-refractivity contribution in [2.75, 3.05) is 26.8 Å². The first-order valence-corrected chi connectivity index (χ1v) is 6.79. The zero-order valence-corrected chi connectivity index (χ0v) is 11.7. The number of esters is 1. The number of hydrogen-bond acceptors (Lipinski definition) is 4. The van der Waals surface area contributed by atoms with Crippen LogP contribution in [0.4, 0.5) is 4.39 Å². The van der Waals surface area contributed by atoms with Crippen molar-refractivity contribution in [2.24, 2.45) is 0 Å². The standard InChI is InChI=1S/C15H20FNO3/c1-19-14(18)6-5-12-3-2-4-13(9-12)20-11-15(16)7-8-17-10-15/h2-4,9,17H,5-8,10-11H2,1H3. The van der Waals surface area contributed by atoms with Crippen molar-refractivity contribution in [1.82, 2.24) is 5.32 Å². The molecule has 1 fully saturated rings. The number of halogens is 1. The molecule has 20 heavy (non-hydrogen) atoms. The lowest BCUT2D eigenvalue weighted by molar-refractivity contribution is -0.140. The van der Waals surface area contributed by atoms with Crippen LogP contribution in [0.15, 0.2) is 24.3 Å². The predicted octanol–water partition coefficient (Wildman–Crippen LogP) is 1.87. The fourth-order valence-electron chi connectivity index (χ4n) is 2.19. The molecule has 0 saturated carbocycles. The third kappa shape index (κ3) is 4.20. The summed E-state index contributed by atoms with van der Waals surface area (Å²) in [7, 11) is 1.37. The van der Waals surface area contributed by atoms with Crippen LogP contribution in [0.1, 0.15) is 18.4 Å². The van der Waals surface area contributed by atoms with Gasteiger partial charge in [-0.05, 0) is 37.1 Å². The van der Waals surface area contributed by atoms with Gasteiger partial charge in [0, 0.05) is 13.0 Å². The Morgan fingerprint density at radius 1 is 1.50 bits per heavy atom. The van der Waals surface area contributed by atoms with Crippen LogP contribution in [0, 0.1) is 0 Å². The zero-order chi connectivity index (χ0) is 14.4. The van der Waals surface area contributed by atoms with E-state index in [-0.39, 0.29) is 12.6 Å². The molecule has 1 atom stereocenters. The van der Waals surface area contributed by atoms with Crippen LogP contribution < -0.4 is 10.1 Å². The van der Waals surface area contributed by atoms with Gasteiger partial charge in [-0.1, -0.05) is 12.1 Å². The molecule has 1 aromatic carbocycles. The van der Waals surface area contributed by atoms with Crippen LogP contribution in [-0.2, 0) is 16.0 Å². The molecule has 0 bridgehead atoms. The van der Waals surface area contributed by atoms with Crippen molar-refractivity contribution in [3.63, 3.8) is 0 Å². The van der Waals surface area contributed by atoms with E-state index in [2.05, 4.69) is 10.1 Å². The summed E-state index contributed by atoms with van der Waals surface area (Å²) < 4.78 is 24.3. The first-order valence-electron chi connectivity index (χ1n) is 6.79. The Kier molecular flexibility index (Phi) is 4.95. The fraction of sp³-hybridized carbons (Fsp3) is 0.533. The number of hydrogen-bond donors (Lipinski definition) is 1. The van der Waals surface area contributed by atoms with E-state index in [9.17, 15) is 9.18 Å². The van der Waals surface area contributed by atoms with Gasteiger partial charge in [0.1, 0.15) is 12.4 Å². The van der Waals surface area contributed by atoms with E-state index in [1.165, 1.54) is 7.11 Å². The third-order valence-corrected chi connectivity index (χ3v) is 3.43. The van der Waals surface area contributed by atoms with E-state index >= 15 is 0 Å². The van der Waals surface area contributed by atoms with Gasteiger partial charge in [0.15, 0.2) is 5.67 Å². The lowest BCUT2D eigenvalue weighted by Gasteiger charge is -2.18. The molecule has 5 heteroatoms. The average molecular weight is 281 g/mol. The number of carbonyl (C=O) groups is 1. The van der Waals surface area contributed by atoms with Gasteiger partial charge in [-0.25, -0.2) is 4.39 Å². The highest BCUT2D eigenvalue weighted by molar-refractivity contribution is 5.69. The molecule has 1 saturated heterocycles. The molecule has 0 aromatic heterocycles. The van der Waals surface area contributed by atoms with Gasteiger partial charge < -0.3 is 14.8 Å². The first-order chi connectivity index (χ1) is 9.61. The number of ether oxygens (including phenoxy) is 2. The highest BCUT2D eigenvalue weighted by Gasteiger charge is 2.34. The van der Waals surface area contributed by atoms with E-state index in [0.717, 1.165) is 5.56 Å². The Hall–Kier alpha value is -1.62. The first kappa shape index (κ1) is 14.8. The summed E-state index contributed by atoms with van der Waals surface area (Å²) in [6.07, 6.45) is 1.40. The van der Waals surface area contributed by atoms with Crippen molar-refractivity contribution in [3.8, 4) is 5.75 Å². The molecule has 110 valence electrons. The summed E-state index contributed by atoms with van der Waals surface area (Å²) in [4.78, 5) is 11.1. The number of benzene rings is 1. The smallest absolute Gasteiger partial charge is 0.305 e. The molecule has 1 aliphatic rings. The summed E-state index contributed by atoms with van der Waals surface area (Å²) >= 11 is 0. The van der Waals surface area contributed by atoms with Crippen molar-refractivity contribution in [3.05, 3.63) is 29.8 Å². The summed E-state index contributed by atoms with van der Waals surface area (Å²) in [6, 6.07) is 7.40. The molecule has 1 N–H and O–H groups in total. The topological polar surface area (TPSA) is 47.6 Å². The molecule has 2 rings (SSSR count). The fourth-order valence-corrected chi connectivity index (χ4v) is 2.19. The quantitative estimate of drug-likeness (QED) is 0.809. The van der Waals surface area contributed by atoms with Gasteiger partial charge in [0.05, 0.1) is 7.11 Å². The zero-order valence-electron chi connectivity index (χ0n) is 11.7. The number of alkyl halides is 1. The molecule has 4 nitrogen and oxygen atoms in total. The largest absolute Gasteiger partial charge is 0.490 e. The maximum atomic E-state index is 14.1. The monoisotopic (exact) mass is 281 g/mol. The Balaban J connectivity index is 1.87. The van der Waals surface area contributed by atoms with Gasteiger partial charge in [-0.2, -0.15) is 0 Å². The summed E-state index contributed by atoms with van der Waals surface area (Å²) in [5.74, 6) is 0.396. The predicted molar refractivity (Wildman–Crippen MR) is 73.6 cm³/mol. The molecule has 0 amide bonds. The van der Waals surface area contributed by atoms with Gasteiger partial charge >= 0.3 is 5.97 Å². The Morgan fingerprint density at radius 3 is 3.05 bits per heavy atom. The second-order valence-electron chi connectivity index (χ2n) is 5.09. The number of methoxy groups -OCH3 is 1. The van der Waals surface area contributed by atoms with Crippen molar-refractivity contribution in [1.29, 1.82) is 0 Å². The highest BCUT2D eigenvalue weighted by atomic mass is 19.1. The van der Waals surface area contributed by atoms with Crippen LogP contribution in [0.25, 0.3) is 0 Å². The molecule has 1 heterocycles. The minimum Gasteiger partial charge on any atom is -0.490 e. The molecule has 1 unspecified atom stereocenters. The molecular formula is C15H20FNO3. The van der Waals surface area contributed by atoms with Gasteiger partial charge in [0.25, 0.3) is 0 Å². The normalized spacial score (nSPS) is 21.7. The summed E-state index contributed by atoms with van der Waals surface area (Å²) in [5.41, 5.74) is -0.299.